The molecule has 2 N–H and O–H groups in total. The van der Waals surface area contributed by atoms with Crippen LogP contribution >= 0.6 is 35.7 Å². The Morgan fingerprint density at radius 1 is 1.37 bits per heavy atom. The molecule has 1 aliphatic carbocycles. The van der Waals surface area contributed by atoms with Gasteiger partial charge in [0, 0.05) is 18.8 Å². The van der Waals surface area contributed by atoms with E-state index >= 15 is 0 Å². The summed E-state index contributed by atoms with van der Waals surface area (Å²) in [4.78, 5) is 4.54. The van der Waals surface area contributed by atoms with Crippen LogP contribution in [-0.2, 0) is 0 Å². The first-order chi connectivity index (χ1) is 8.86. The van der Waals surface area contributed by atoms with E-state index < -0.39 is 0 Å². The molecule has 0 bridgehead atoms. The second-order valence-electron chi connectivity index (χ2n) is 4.54. The highest BCUT2D eigenvalue weighted by Gasteiger charge is 2.03. The highest BCUT2D eigenvalue weighted by molar-refractivity contribution is 14.0. The predicted octanol–water partition coefficient (Wildman–Crippen LogP) is 3.41. The van der Waals surface area contributed by atoms with Crippen LogP contribution in [-0.4, -0.2) is 37.6 Å². The van der Waals surface area contributed by atoms with Crippen molar-refractivity contribution in [2.45, 2.75) is 39.0 Å². The molecule has 5 heteroatoms. The molecule has 0 aliphatic heterocycles. The van der Waals surface area contributed by atoms with Gasteiger partial charge in [-0.3, -0.25) is 4.99 Å². The molecule has 0 fully saturated rings. The summed E-state index contributed by atoms with van der Waals surface area (Å²) in [6.45, 7) is 4.92. The van der Waals surface area contributed by atoms with Crippen LogP contribution in [0.15, 0.2) is 16.6 Å². The second-order valence-corrected chi connectivity index (χ2v) is 5.52. The third-order valence-corrected chi connectivity index (χ3v) is 3.62. The number of allylic oxidation sites excluding steroid dienone is 1. The minimum absolute atomic E-state index is 0. The van der Waals surface area contributed by atoms with Gasteiger partial charge < -0.3 is 10.6 Å². The third-order valence-electron chi connectivity index (χ3n) is 3.03. The summed E-state index contributed by atoms with van der Waals surface area (Å²) >= 11 is 1.84. The number of rotatable bonds is 7. The second kappa shape index (κ2) is 13.1. The largest absolute Gasteiger partial charge is 0.357 e. The van der Waals surface area contributed by atoms with Gasteiger partial charge in [-0.05, 0) is 45.3 Å². The summed E-state index contributed by atoms with van der Waals surface area (Å²) in [5.74, 6) is 2.05. The van der Waals surface area contributed by atoms with Gasteiger partial charge in [0.25, 0.3) is 0 Å². The maximum atomic E-state index is 4.54. The lowest BCUT2D eigenvalue weighted by molar-refractivity contribution is 0.665. The van der Waals surface area contributed by atoms with Crippen LogP contribution in [0.25, 0.3) is 0 Å². The summed E-state index contributed by atoms with van der Waals surface area (Å²) in [5.41, 5.74) is 1.62. The van der Waals surface area contributed by atoms with Crippen molar-refractivity contribution >= 4 is 41.7 Å². The lowest BCUT2D eigenvalue weighted by atomic mass is 9.97. The van der Waals surface area contributed by atoms with Crippen molar-refractivity contribution < 1.29 is 0 Å². The van der Waals surface area contributed by atoms with Gasteiger partial charge in [0.15, 0.2) is 5.96 Å². The van der Waals surface area contributed by atoms with Crippen molar-refractivity contribution in [1.29, 1.82) is 0 Å². The van der Waals surface area contributed by atoms with Crippen LogP contribution in [0.3, 0.4) is 0 Å². The van der Waals surface area contributed by atoms with E-state index in [2.05, 4.69) is 34.9 Å². The van der Waals surface area contributed by atoms with Gasteiger partial charge in [-0.25, -0.2) is 0 Å². The van der Waals surface area contributed by atoms with Gasteiger partial charge in [0.1, 0.15) is 0 Å². The number of thioether (sulfide) groups is 1. The highest BCUT2D eigenvalue weighted by Crippen LogP contribution is 2.19. The predicted molar refractivity (Wildman–Crippen MR) is 98.9 cm³/mol. The molecule has 0 saturated heterocycles. The number of guanidine groups is 1. The normalized spacial score (nSPS) is 15.5. The molecule has 0 spiro atoms. The SMILES string of the molecule is CCNC(=NCCSC)NCCC1=CCCCC1.I. The smallest absolute Gasteiger partial charge is 0.191 e. The van der Waals surface area contributed by atoms with Crippen molar-refractivity contribution in [3.05, 3.63) is 11.6 Å². The Labute approximate surface area is 139 Å². The van der Waals surface area contributed by atoms with Gasteiger partial charge in [0.2, 0.25) is 0 Å². The standard InChI is InChI=1S/C14H27N3S.HI/c1-3-15-14(17-11-12-18-2)16-10-9-13-7-5-4-6-8-13;/h7H,3-6,8-12H2,1-2H3,(H2,15,16,17);1H. The molecular formula is C14H28IN3S. The summed E-state index contributed by atoms with van der Waals surface area (Å²) in [5, 5.41) is 6.71. The van der Waals surface area contributed by atoms with Gasteiger partial charge in [-0.15, -0.1) is 24.0 Å². The maximum Gasteiger partial charge on any atom is 0.191 e. The molecule has 3 nitrogen and oxygen atoms in total. The van der Waals surface area contributed by atoms with E-state index in [-0.39, 0.29) is 24.0 Å². The Morgan fingerprint density at radius 3 is 2.84 bits per heavy atom. The molecule has 0 amide bonds. The Kier molecular flexibility index (Phi) is 13.2. The quantitative estimate of drug-likeness (QED) is 0.227. The van der Waals surface area contributed by atoms with Crippen LogP contribution in [0.4, 0.5) is 0 Å². The molecule has 0 unspecified atom stereocenters. The fourth-order valence-electron chi connectivity index (χ4n) is 2.06. The fourth-order valence-corrected chi connectivity index (χ4v) is 2.34. The maximum absolute atomic E-state index is 4.54. The Morgan fingerprint density at radius 2 is 2.21 bits per heavy atom. The number of halogens is 1. The zero-order chi connectivity index (χ0) is 13.1. The molecule has 1 aliphatic rings. The average molecular weight is 397 g/mol. The highest BCUT2D eigenvalue weighted by atomic mass is 127. The summed E-state index contributed by atoms with van der Waals surface area (Å²) in [7, 11) is 0. The molecular weight excluding hydrogens is 369 g/mol. The molecule has 1 rings (SSSR count). The Hall–Kier alpha value is 0.0900. The zero-order valence-electron chi connectivity index (χ0n) is 12.2. The van der Waals surface area contributed by atoms with Crippen LogP contribution in [0.1, 0.15) is 39.0 Å². The van der Waals surface area contributed by atoms with Crippen LogP contribution in [0.2, 0.25) is 0 Å². The lowest BCUT2D eigenvalue weighted by Gasteiger charge is -2.15. The summed E-state index contributed by atoms with van der Waals surface area (Å²) in [6.07, 6.45) is 11.0. The van der Waals surface area contributed by atoms with E-state index in [1.165, 1.54) is 25.7 Å². The average Bonchev–Trinajstić information content (AvgIpc) is 2.40. The van der Waals surface area contributed by atoms with E-state index in [0.717, 1.165) is 37.8 Å². The summed E-state index contributed by atoms with van der Waals surface area (Å²) < 4.78 is 0. The first-order valence-corrected chi connectivity index (χ1v) is 8.45. The number of hydrogen-bond acceptors (Lipinski definition) is 2. The van der Waals surface area contributed by atoms with Crippen molar-refractivity contribution in [3.63, 3.8) is 0 Å². The molecule has 112 valence electrons. The monoisotopic (exact) mass is 397 g/mol. The van der Waals surface area contributed by atoms with E-state index in [1.807, 2.05) is 11.8 Å². The molecule has 0 aromatic carbocycles. The minimum atomic E-state index is 0. The number of nitrogens with zero attached hydrogens (tertiary/aromatic N) is 1. The van der Waals surface area contributed by atoms with Crippen LogP contribution < -0.4 is 10.6 Å². The first kappa shape index (κ1) is 19.1. The van der Waals surface area contributed by atoms with Crippen molar-refractivity contribution in [2.75, 3.05) is 31.6 Å². The van der Waals surface area contributed by atoms with Crippen LogP contribution in [0.5, 0.6) is 0 Å². The third kappa shape index (κ3) is 9.60. The topological polar surface area (TPSA) is 36.4 Å². The zero-order valence-corrected chi connectivity index (χ0v) is 15.4. The van der Waals surface area contributed by atoms with E-state index in [1.54, 1.807) is 5.57 Å². The van der Waals surface area contributed by atoms with Gasteiger partial charge in [-0.1, -0.05) is 11.6 Å². The molecule has 0 atom stereocenters. The Balaban J connectivity index is 0.00000324. The van der Waals surface area contributed by atoms with Crippen molar-refractivity contribution in [2.24, 2.45) is 4.99 Å². The molecule has 0 radical (unpaired) electrons. The van der Waals surface area contributed by atoms with Crippen molar-refractivity contribution in [3.8, 4) is 0 Å². The number of nitrogens with one attached hydrogen (secondary N) is 2. The van der Waals surface area contributed by atoms with E-state index in [4.69, 9.17) is 0 Å². The molecule has 0 saturated carbocycles. The summed E-state index contributed by atoms with van der Waals surface area (Å²) in [6, 6.07) is 0. The fraction of sp³-hybridized carbons (Fsp3) is 0.786. The molecule has 0 heterocycles. The van der Waals surface area contributed by atoms with Crippen molar-refractivity contribution in [1.82, 2.24) is 10.6 Å². The minimum Gasteiger partial charge on any atom is -0.357 e. The molecule has 0 aromatic heterocycles. The van der Waals surface area contributed by atoms with Gasteiger partial charge in [-0.2, -0.15) is 11.8 Å². The van der Waals surface area contributed by atoms with Gasteiger partial charge >= 0.3 is 0 Å². The van der Waals surface area contributed by atoms with E-state index in [0.29, 0.717) is 0 Å². The number of hydrogen-bond donors (Lipinski definition) is 2. The van der Waals surface area contributed by atoms with Gasteiger partial charge in [0.05, 0.1) is 6.54 Å². The Bertz CT molecular complexity index is 280. The van der Waals surface area contributed by atoms with Crippen LogP contribution in [0, 0.1) is 0 Å². The molecule has 19 heavy (non-hydrogen) atoms. The molecule has 0 aromatic rings. The number of aliphatic imine (C=N–C) groups is 1. The van der Waals surface area contributed by atoms with E-state index in [9.17, 15) is 0 Å². The first-order valence-electron chi connectivity index (χ1n) is 7.06. The lowest BCUT2D eigenvalue weighted by Crippen LogP contribution is -2.38.